The standard InChI is InChI=1S/C32H30Cl3N3O4S/c1-2-36-32(40)29(20-23-11-5-3-6-12-23)37(21-24-13-9-14-25(33)19-24)30(39)22-38(28-18-10-17-27(34)31(28)35)43(41,42)26-15-7-4-8-16-26/h3-19,29H,2,20-22H2,1H3,(H,36,40)/t29-/m0/s1. The number of anilines is 1. The molecule has 0 fully saturated rings. The zero-order valence-electron chi connectivity index (χ0n) is 23.3. The van der Waals surface area contributed by atoms with Crippen molar-refractivity contribution in [1.82, 2.24) is 10.2 Å². The number of benzene rings is 4. The van der Waals surface area contributed by atoms with E-state index in [4.69, 9.17) is 34.8 Å². The first kappa shape index (κ1) is 32.4. The summed E-state index contributed by atoms with van der Waals surface area (Å²) in [5.41, 5.74) is 1.53. The summed E-state index contributed by atoms with van der Waals surface area (Å²) in [7, 11) is -4.30. The minimum Gasteiger partial charge on any atom is -0.355 e. The molecule has 4 aromatic carbocycles. The number of hydrogen-bond donors (Lipinski definition) is 1. The van der Waals surface area contributed by atoms with Crippen LogP contribution in [0, 0.1) is 0 Å². The van der Waals surface area contributed by atoms with Crippen LogP contribution in [0.1, 0.15) is 18.1 Å². The van der Waals surface area contributed by atoms with Crippen LogP contribution in [0.3, 0.4) is 0 Å². The van der Waals surface area contributed by atoms with Gasteiger partial charge >= 0.3 is 0 Å². The van der Waals surface area contributed by atoms with Crippen molar-refractivity contribution < 1.29 is 18.0 Å². The summed E-state index contributed by atoms with van der Waals surface area (Å²) in [5, 5.41) is 3.39. The number of nitrogens with zero attached hydrogens (tertiary/aromatic N) is 2. The molecule has 0 saturated carbocycles. The molecule has 0 unspecified atom stereocenters. The summed E-state index contributed by atoms with van der Waals surface area (Å²) in [6.07, 6.45) is 0.197. The molecule has 0 aliphatic heterocycles. The topological polar surface area (TPSA) is 86.8 Å². The molecule has 1 N–H and O–H groups in total. The average molecular weight is 659 g/mol. The van der Waals surface area contributed by atoms with Crippen molar-refractivity contribution in [3.8, 4) is 0 Å². The summed E-state index contributed by atoms with van der Waals surface area (Å²) in [6, 6.07) is 27.6. The molecule has 43 heavy (non-hydrogen) atoms. The van der Waals surface area contributed by atoms with E-state index in [2.05, 4.69) is 5.32 Å². The van der Waals surface area contributed by atoms with Gasteiger partial charge in [-0.3, -0.25) is 13.9 Å². The molecule has 0 spiro atoms. The van der Waals surface area contributed by atoms with Crippen LogP contribution in [0.4, 0.5) is 5.69 Å². The lowest BCUT2D eigenvalue weighted by Crippen LogP contribution is -2.53. The van der Waals surface area contributed by atoms with Crippen LogP contribution in [0.5, 0.6) is 0 Å². The SMILES string of the molecule is CCNC(=O)[C@H](Cc1ccccc1)N(Cc1cccc(Cl)c1)C(=O)CN(c1cccc(Cl)c1Cl)S(=O)(=O)c1ccccc1. The van der Waals surface area contributed by atoms with E-state index in [1.54, 1.807) is 55.5 Å². The van der Waals surface area contributed by atoms with Crippen LogP contribution >= 0.6 is 34.8 Å². The molecule has 11 heteroatoms. The fraction of sp³-hybridized carbons (Fsp3) is 0.188. The van der Waals surface area contributed by atoms with Crippen LogP contribution in [0.15, 0.2) is 108 Å². The number of likely N-dealkylation sites (N-methyl/N-ethyl adjacent to an activating group) is 1. The van der Waals surface area contributed by atoms with Gasteiger partial charge in [0.25, 0.3) is 10.0 Å². The van der Waals surface area contributed by atoms with E-state index < -0.39 is 28.5 Å². The first-order valence-electron chi connectivity index (χ1n) is 13.5. The van der Waals surface area contributed by atoms with Crippen LogP contribution < -0.4 is 9.62 Å². The van der Waals surface area contributed by atoms with Gasteiger partial charge in [0.15, 0.2) is 0 Å². The van der Waals surface area contributed by atoms with Crippen molar-refractivity contribution in [2.24, 2.45) is 0 Å². The number of amides is 2. The summed E-state index contributed by atoms with van der Waals surface area (Å²) in [4.78, 5) is 29.2. The maximum atomic E-state index is 14.4. The molecular formula is C32H30Cl3N3O4S. The lowest BCUT2D eigenvalue weighted by molar-refractivity contribution is -0.140. The Labute approximate surface area is 267 Å². The third kappa shape index (κ3) is 8.09. The summed E-state index contributed by atoms with van der Waals surface area (Å²) in [5.74, 6) is -0.998. The fourth-order valence-electron chi connectivity index (χ4n) is 4.60. The maximum Gasteiger partial charge on any atom is 0.264 e. The molecule has 4 aromatic rings. The van der Waals surface area contributed by atoms with Gasteiger partial charge < -0.3 is 10.2 Å². The largest absolute Gasteiger partial charge is 0.355 e. The van der Waals surface area contributed by atoms with Crippen LogP contribution in [0.2, 0.25) is 15.1 Å². The summed E-state index contributed by atoms with van der Waals surface area (Å²) >= 11 is 19.0. The molecule has 224 valence electrons. The first-order chi connectivity index (χ1) is 20.6. The average Bonchev–Trinajstić information content (AvgIpc) is 3.00. The number of rotatable bonds is 12. The highest BCUT2D eigenvalue weighted by molar-refractivity contribution is 7.92. The highest BCUT2D eigenvalue weighted by Gasteiger charge is 2.35. The van der Waals surface area contributed by atoms with E-state index in [0.29, 0.717) is 17.1 Å². The molecular weight excluding hydrogens is 629 g/mol. The Kier molecular flexibility index (Phi) is 11.1. The van der Waals surface area contributed by atoms with Crippen LogP contribution in [-0.2, 0) is 32.6 Å². The number of carbonyl (C=O) groups excluding carboxylic acids is 2. The summed E-state index contributed by atoms with van der Waals surface area (Å²) in [6.45, 7) is 1.48. The van der Waals surface area contributed by atoms with Gasteiger partial charge in [-0.15, -0.1) is 0 Å². The van der Waals surface area contributed by atoms with Crippen molar-refractivity contribution in [2.75, 3.05) is 17.4 Å². The third-order valence-electron chi connectivity index (χ3n) is 6.67. The zero-order chi connectivity index (χ0) is 31.0. The molecule has 0 aliphatic carbocycles. The summed E-state index contributed by atoms with van der Waals surface area (Å²) < 4.78 is 29.0. The monoisotopic (exact) mass is 657 g/mol. The quantitative estimate of drug-likeness (QED) is 0.185. The predicted molar refractivity (Wildman–Crippen MR) is 172 cm³/mol. The Morgan fingerprint density at radius 1 is 0.814 bits per heavy atom. The molecule has 0 bridgehead atoms. The number of nitrogens with one attached hydrogen (secondary N) is 1. The molecule has 1 atom stereocenters. The van der Waals surface area contributed by atoms with Gasteiger partial charge in [0.1, 0.15) is 12.6 Å². The van der Waals surface area contributed by atoms with Crippen LogP contribution in [0.25, 0.3) is 0 Å². The van der Waals surface area contributed by atoms with E-state index >= 15 is 0 Å². The van der Waals surface area contributed by atoms with E-state index in [1.165, 1.54) is 29.2 Å². The lowest BCUT2D eigenvalue weighted by atomic mass is 10.0. The Balaban J connectivity index is 1.82. The van der Waals surface area contributed by atoms with E-state index in [9.17, 15) is 18.0 Å². The molecule has 0 radical (unpaired) electrons. The molecule has 2 amide bonds. The van der Waals surface area contributed by atoms with Gasteiger partial charge in [0, 0.05) is 24.5 Å². The number of hydrogen-bond acceptors (Lipinski definition) is 4. The van der Waals surface area contributed by atoms with Gasteiger partial charge in [0.2, 0.25) is 11.8 Å². The molecule has 0 saturated heterocycles. The predicted octanol–water partition coefficient (Wildman–Crippen LogP) is 6.62. The zero-order valence-corrected chi connectivity index (χ0v) is 26.4. The van der Waals surface area contributed by atoms with Crippen molar-refractivity contribution in [2.45, 2.75) is 30.8 Å². The fourth-order valence-corrected chi connectivity index (χ4v) is 6.70. The molecule has 7 nitrogen and oxygen atoms in total. The Bertz CT molecular complexity index is 1670. The van der Waals surface area contributed by atoms with E-state index in [-0.39, 0.29) is 39.5 Å². The van der Waals surface area contributed by atoms with E-state index in [0.717, 1.165) is 9.87 Å². The van der Waals surface area contributed by atoms with Gasteiger partial charge in [0.05, 0.1) is 20.6 Å². The number of carbonyl (C=O) groups is 2. The second-order valence-electron chi connectivity index (χ2n) is 9.65. The van der Waals surface area contributed by atoms with Crippen molar-refractivity contribution in [3.63, 3.8) is 0 Å². The molecule has 0 aromatic heterocycles. The number of sulfonamides is 1. The number of halogens is 3. The maximum absolute atomic E-state index is 14.4. The molecule has 4 rings (SSSR count). The van der Waals surface area contributed by atoms with Crippen molar-refractivity contribution in [3.05, 3.63) is 129 Å². The van der Waals surface area contributed by atoms with E-state index in [1.807, 2.05) is 30.3 Å². The minimum atomic E-state index is -4.30. The van der Waals surface area contributed by atoms with Gasteiger partial charge in [-0.2, -0.15) is 0 Å². The highest BCUT2D eigenvalue weighted by Crippen LogP contribution is 2.35. The van der Waals surface area contributed by atoms with Gasteiger partial charge in [-0.25, -0.2) is 8.42 Å². The first-order valence-corrected chi connectivity index (χ1v) is 16.1. The normalized spacial score (nSPS) is 11.9. The molecule has 0 aliphatic rings. The molecule has 0 heterocycles. The smallest absolute Gasteiger partial charge is 0.264 e. The third-order valence-corrected chi connectivity index (χ3v) is 9.49. The second kappa shape index (κ2) is 14.8. The van der Waals surface area contributed by atoms with Crippen molar-refractivity contribution in [1.29, 1.82) is 0 Å². The van der Waals surface area contributed by atoms with Gasteiger partial charge in [-0.05, 0) is 54.4 Å². The van der Waals surface area contributed by atoms with Crippen LogP contribution in [-0.4, -0.2) is 44.3 Å². The Morgan fingerprint density at radius 2 is 1.44 bits per heavy atom. The Morgan fingerprint density at radius 3 is 2.09 bits per heavy atom. The van der Waals surface area contributed by atoms with Gasteiger partial charge in [-0.1, -0.05) is 102 Å². The van der Waals surface area contributed by atoms with Crippen molar-refractivity contribution >= 4 is 62.3 Å². The Hall–Kier alpha value is -3.56. The highest BCUT2D eigenvalue weighted by atomic mass is 35.5. The second-order valence-corrected chi connectivity index (χ2v) is 12.7. The minimum absolute atomic E-state index is 0.00344. The lowest BCUT2D eigenvalue weighted by Gasteiger charge is -2.34.